The minimum Gasteiger partial charge on any atom is -0.480 e. The number of aromatic nitrogens is 4. The third kappa shape index (κ3) is 2.18. The summed E-state index contributed by atoms with van der Waals surface area (Å²) in [6.07, 6.45) is 0.385. The van der Waals surface area contributed by atoms with Gasteiger partial charge in [0.25, 0.3) is 0 Å². The Labute approximate surface area is 113 Å². The Balaban J connectivity index is 2.01. The summed E-state index contributed by atoms with van der Waals surface area (Å²) in [5, 5.41) is 7.24. The number of nitrogens with zero attached hydrogens (tertiary/aromatic N) is 4. The van der Waals surface area contributed by atoms with Gasteiger partial charge in [0, 0.05) is 6.42 Å². The summed E-state index contributed by atoms with van der Waals surface area (Å²) >= 11 is 0. The quantitative estimate of drug-likeness (QED) is 0.727. The van der Waals surface area contributed by atoms with Gasteiger partial charge in [0.15, 0.2) is 0 Å². The van der Waals surface area contributed by atoms with Crippen molar-refractivity contribution in [3.8, 4) is 5.88 Å². The average Bonchev–Trinajstić information content (AvgIpc) is 2.89. The molecule has 2 aromatic heterocycles. The molecule has 2 heterocycles. The first-order chi connectivity index (χ1) is 9.67. The second kappa shape index (κ2) is 4.84. The van der Waals surface area contributed by atoms with Gasteiger partial charge in [-0.15, -0.1) is 0 Å². The molecule has 0 atom stereocenters. The van der Waals surface area contributed by atoms with Crippen molar-refractivity contribution in [3.05, 3.63) is 40.8 Å². The van der Waals surface area contributed by atoms with Crippen molar-refractivity contribution < 1.29 is 13.8 Å². The van der Waals surface area contributed by atoms with E-state index in [4.69, 9.17) is 4.74 Å². The molecule has 0 N–H and O–H groups in total. The molecule has 3 aromatic rings. The Hall–Kier alpha value is -2.57. The Kier molecular flexibility index (Phi) is 3.02. The van der Waals surface area contributed by atoms with Crippen LogP contribution in [-0.4, -0.2) is 27.4 Å². The third-order valence-corrected chi connectivity index (χ3v) is 2.95. The highest BCUT2D eigenvalue weighted by Gasteiger charge is 2.14. The van der Waals surface area contributed by atoms with Gasteiger partial charge in [-0.1, -0.05) is 12.1 Å². The highest BCUT2D eigenvalue weighted by atomic mass is 19.1. The molecular weight excluding hydrogens is 263 g/mol. The fraction of sp³-hybridized carbons (Fsp3) is 0.231. The van der Waals surface area contributed by atoms with Crippen molar-refractivity contribution in [1.29, 1.82) is 0 Å². The van der Waals surface area contributed by atoms with Crippen LogP contribution >= 0.6 is 0 Å². The van der Waals surface area contributed by atoms with Crippen molar-refractivity contribution in [1.82, 2.24) is 20.3 Å². The van der Waals surface area contributed by atoms with E-state index < -0.39 is 0 Å². The maximum absolute atomic E-state index is 13.6. The molecule has 0 spiro atoms. The van der Waals surface area contributed by atoms with Crippen molar-refractivity contribution in [2.75, 3.05) is 7.11 Å². The van der Waals surface area contributed by atoms with Gasteiger partial charge in [-0.3, -0.25) is 0 Å². The molecule has 0 saturated heterocycles. The van der Waals surface area contributed by atoms with Crippen LogP contribution in [0.25, 0.3) is 11.3 Å². The lowest BCUT2D eigenvalue weighted by atomic mass is 10.1. The average molecular weight is 274 g/mol. The molecule has 0 fully saturated rings. The zero-order valence-corrected chi connectivity index (χ0v) is 10.9. The van der Waals surface area contributed by atoms with Crippen LogP contribution in [-0.2, 0) is 6.42 Å². The minimum absolute atomic E-state index is 0.251. The Morgan fingerprint density at radius 2 is 1.95 bits per heavy atom. The largest absolute Gasteiger partial charge is 0.480 e. The first kappa shape index (κ1) is 12.5. The summed E-state index contributed by atoms with van der Waals surface area (Å²) < 4.78 is 23.3. The van der Waals surface area contributed by atoms with Crippen molar-refractivity contribution >= 4 is 11.3 Å². The highest BCUT2D eigenvalue weighted by molar-refractivity contribution is 5.64. The van der Waals surface area contributed by atoms with Gasteiger partial charge in [0.2, 0.25) is 17.2 Å². The zero-order chi connectivity index (χ0) is 14.1. The van der Waals surface area contributed by atoms with E-state index in [1.54, 1.807) is 13.0 Å². The SMILES string of the molecule is COc1nc2nonc2nc1Cc1ccc(C)c(F)c1. The van der Waals surface area contributed by atoms with Gasteiger partial charge in [-0.05, 0) is 34.4 Å². The van der Waals surface area contributed by atoms with Crippen LogP contribution in [0.2, 0.25) is 0 Å². The molecule has 0 aliphatic rings. The summed E-state index contributed by atoms with van der Waals surface area (Å²) in [5.41, 5.74) is 2.51. The monoisotopic (exact) mass is 274 g/mol. The second-order valence-electron chi connectivity index (χ2n) is 4.35. The van der Waals surface area contributed by atoms with E-state index in [0.717, 1.165) is 5.56 Å². The Morgan fingerprint density at radius 3 is 2.65 bits per heavy atom. The van der Waals surface area contributed by atoms with Crippen molar-refractivity contribution in [2.24, 2.45) is 0 Å². The second-order valence-corrected chi connectivity index (χ2v) is 4.35. The summed E-state index contributed by atoms with van der Waals surface area (Å²) in [6, 6.07) is 5.03. The maximum atomic E-state index is 13.6. The number of benzene rings is 1. The molecule has 1 aromatic carbocycles. The van der Waals surface area contributed by atoms with E-state index in [1.165, 1.54) is 13.2 Å². The van der Waals surface area contributed by atoms with Crippen LogP contribution in [0.5, 0.6) is 5.88 Å². The maximum Gasteiger partial charge on any atom is 0.246 e. The van der Waals surface area contributed by atoms with Crippen LogP contribution in [0, 0.1) is 12.7 Å². The molecule has 0 unspecified atom stereocenters. The number of ether oxygens (including phenoxy) is 1. The van der Waals surface area contributed by atoms with E-state index in [9.17, 15) is 4.39 Å². The fourth-order valence-corrected chi connectivity index (χ4v) is 1.87. The lowest BCUT2D eigenvalue weighted by Crippen LogP contribution is -2.01. The molecule has 0 saturated carbocycles. The number of rotatable bonds is 3. The standard InChI is InChI=1S/C13H11FN4O2/c1-7-3-4-8(5-9(7)14)6-10-13(19-2)16-12-11(15-10)17-20-18-12/h3-5H,6H2,1-2H3. The molecule has 6 nitrogen and oxygen atoms in total. The van der Waals surface area contributed by atoms with Crippen LogP contribution < -0.4 is 4.74 Å². The predicted octanol–water partition coefficient (Wildman–Crippen LogP) is 2.06. The lowest BCUT2D eigenvalue weighted by molar-refractivity contribution is 0.313. The number of aryl methyl sites for hydroxylation is 1. The van der Waals surface area contributed by atoms with E-state index in [0.29, 0.717) is 29.2 Å². The first-order valence-corrected chi connectivity index (χ1v) is 5.95. The smallest absolute Gasteiger partial charge is 0.246 e. The summed E-state index contributed by atoms with van der Waals surface area (Å²) in [6.45, 7) is 1.71. The van der Waals surface area contributed by atoms with Gasteiger partial charge in [0.1, 0.15) is 11.5 Å². The van der Waals surface area contributed by atoms with Gasteiger partial charge in [-0.2, -0.15) is 4.98 Å². The van der Waals surface area contributed by atoms with E-state index >= 15 is 0 Å². The Bertz CT molecular complexity index is 772. The van der Waals surface area contributed by atoms with Gasteiger partial charge in [-0.25, -0.2) is 14.0 Å². The molecule has 102 valence electrons. The van der Waals surface area contributed by atoms with Gasteiger partial charge in [0.05, 0.1) is 7.11 Å². The van der Waals surface area contributed by atoms with E-state index in [1.807, 2.05) is 6.07 Å². The molecule has 0 bridgehead atoms. The third-order valence-electron chi connectivity index (χ3n) is 2.95. The number of hydrogen-bond donors (Lipinski definition) is 0. The van der Waals surface area contributed by atoms with Crippen molar-refractivity contribution in [2.45, 2.75) is 13.3 Å². The van der Waals surface area contributed by atoms with Gasteiger partial charge < -0.3 is 4.74 Å². The topological polar surface area (TPSA) is 73.9 Å². The number of methoxy groups -OCH3 is 1. The Morgan fingerprint density at radius 1 is 1.20 bits per heavy atom. The predicted molar refractivity (Wildman–Crippen MR) is 67.9 cm³/mol. The first-order valence-electron chi connectivity index (χ1n) is 5.95. The summed E-state index contributed by atoms with van der Waals surface area (Å²) in [4.78, 5) is 8.42. The molecule has 0 aliphatic heterocycles. The van der Waals surface area contributed by atoms with Crippen molar-refractivity contribution in [3.63, 3.8) is 0 Å². The number of halogens is 1. The normalized spacial score (nSPS) is 10.9. The molecule has 0 radical (unpaired) electrons. The molecule has 0 aliphatic carbocycles. The lowest BCUT2D eigenvalue weighted by Gasteiger charge is -2.06. The fourth-order valence-electron chi connectivity index (χ4n) is 1.87. The summed E-state index contributed by atoms with van der Waals surface area (Å²) in [5.74, 6) is 0.0767. The number of fused-ring (bicyclic) bond motifs is 1. The summed E-state index contributed by atoms with van der Waals surface area (Å²) in [7, 11) is 1.49. The van der Waals surface area contributed by atoms with Crippen LogP contribution in [0.15, 0.2) is 22.8 Å². The molecule has 3 rings (SSSR count). The number of hydrogen-bond acceptors (Lipinski definition) is 6. The molecule has 20 heavy (non-hydrogen) atoms. The zero-order valence-electron chi connectivity index (χ0n) is 10.9. The van der Waals surface area contributed by atoms with E-state index in [2.05, 4.69) is 24.9 Å². The minimum atomic E-state index is -0.251. The van der Waals surface area contributed by atoms with Crippen LogP contribution in [0.3, 0.4) is 0 Å². The van der Waals surface area contributed by atoms with Gasteiger partial charge >= 0.3 is 0 Å². The highest BCUT2D eigenvalue weighted by Crippen LogP contribution is 2.20. The molecule has 7 heteroatoms. The van der Waals surface area contributed by atoms with Crippen LogP contribution in [0.1, 0.15) is 16.8 Å². The van der Waals surface area contributed by atoms with E-state index in [-0.39, 0.29) is 11.5 Å². The molecule has 0 amide bonds. The molecular formula is C13H11FN4O2. The van der Waals surface area contributed by atoms with Crippen LogP contribution in [0.4, 0.5) is 4.39 Å².